The second-order valence-corrected chi connectivity index (χ2v) is 6.23. The fraction of sp³-hybridized carbons (Fsp3) is 0.769. The molecule has 1 aromatic heterocycles. The second-order valence-electron chi connectivity index (χ2n) is 5.34. The van der Waals surface area contributed by atoms with Gasteiger partial charge in [0, 0.05) is 11.3 Å². The molecule has 0 aromatic carbocycles. The van der Waals surface area contributed by atoms with Crippen LogP contribution >= 0.6 is 11.3 Å². The zero-order valence-corrected chi connectivity index (χ0v) is 10.8. The smallest absolute Gasteiger partial charge is 0.0959 e. The molecule has 0 amide bonds. The van der Waals surface area contributed by atoms with Gasteiger partial charge in [-0.3, -0.25) is 0 Å². The lowest BCUT2D eigenvalue weighted by atomic mass is 9.84. The van der Waals surface area contributed by atoms with Crippen molar-refractivity contribution in [2.24, 2.45) is 0 Å². The zero-order chi connectivity index (χ0) is 11.7. The van der Waals surface area contributed by atoms with Crippen molar-refractivity contribution >= 4 is 11.3 Å². The minimum Gasteiger partial charge on any atom is -0.395 e. The van der Waals surface area contributed by atoms with Gasteiger partial charge < -0.3 is 9.84 Å². The van der Waals surface area contributed by atoms with E-state index >= 15 is 0 Å². The molecule has 1 aliphatic carbocycles. The van der Waals surface area contributed by atoms with E-state index in [1.54, 1.807) is 11.3 Å². The van der Waals surface area contributed by atoms with Crippen LogP contribution in [0.4, 0.5) is 0 Å². The summed E-state index contributed by atoms with van der Waals surface area (Å²) in [6.07, 6.45) is 6.63. The number of nitrogens with zero attached hydrogens (tertiary/aromatic N) is 1. The highest BCUT2D eigenvalue weighted by Gasteiger charge is 2.42. The Balaban J connectivity index is 1.77. The van der Waals surface area contributed by atoms with Crippen LogP contribution in [0.15, 0.2) is 5.38 Å². The lowest BCUT2D eigenvalue weighted by Crippen LogP contribution is -2.50. The Labute approximate surface area is 106 Å². The Kier molecular flexibility index (Phi) is 3.19. The third-order valence-electron chi connectivity index (χ3n) is 4.08. The van der Waals surface area contributed by atoms with E-state index < -0.39 is 0 Å². The molecule has 0 spiro atoms. The van der Waals surface area contributed by atoms with Crippen molar-refractivity contribution in [3.05, 3.63) is 16.1 Å². The number of aromatic nitrogens is 1. The summed E-state index contributed by atoms with van der Waals surface area (Å²) >= 11 is 1.77. The van der Waals surface area contributed by atoms with Gasteiger partial charge in [-0.2, -0.15) is 0 Å². The molecule has 3 nitrogen and oxygen atoms in total. The molecule has 1 saturated heterocycles. The minimum absolute atomic E-state index is 0.154. The largest absolute Gasteiger partial charge is 0.395 e. The number of thiazole rings is 1. The Morgan fingerprint density at radius 1 is 1.35 bits per heavy atom. The van der Waals surface area contributed by atoms with E-state index in [1.807, 2.05) is 0 Å². The minimum atomic E-state index is -0.191. The van der Waals surface area contributed by atoms with E-state index in [9.17, 15) is 5.11 Å². The molecule has 17 heavy (non-hydrogen) atoms. The van der Waals surface area contributed by atoms with Crippen LogP contribution in [0.1, 0.15) is 48.7 Å². The van der Waals surface area contributed by atoms with Crippen LogP contribution in [0, 0.1) is 0 Å². The predicted octanol–water partition coefficient (Wildman–Crippen LogP) is 2.45. The molecule has 1 aliphatic heterocycles. The van der Waals surface area contributed by atoms with Gasteiger partial charge in [0.1, 0.15) is 0 Å². The van der Waals surface area contributed by atoms with E-state index in [2.05, 4.69) is 5.38 Å². The first-order valence-corrected chi connectivity index (χ1v) is 7.36. The van der Waals surface area contributed by atoms with Gasteiger partial charge in [-0.05, 0) is 12.8 Å². The number of hydrogen-bond acceptors (Lipinski definition) is 4. The number of aliphatic hydroxyl groups excluding tert-OH is 1. The second kappa shape index (κ2) is 4.67. The molecule has 0 bridgehead atoms. The van der Waals surface area contributed by atoms with Crippen molar-refractivity contribution in [3.63, 3.8) is 0 Å². The van der Waals surface area contributed by atoms with Gasteiger partial charge in [-0.1, -0.05) is 19.3 Å². The quantitative estimate of drug-likeness (QED) is 0.899. The van der Waals surface area contributed by atoms with Crippen LogP contribution in [-0.2, 0) is 10.2 Å². The van der Waals surface area contributed by atoms with Gasteiger partial charge in [-0.15, -0.1) is 11.3 Å². The number of aliphatic hydroxyl groups is 1. The van der Waals surface area contributed by atoms with E-state index in [0.29, 0.717) is 19.1 Å². The predicted molar refractivity (Wildman–Crippen MR) is 67.5 cm³/mol. The molecule has 1 aromatic rings. The van der Waals surface area contributed by atoms with E-state index in [0.717, 1.165) is 5.69 Å². The molecule has 4 heteroatoms. The lowest BCUT2D eigenvalue weighted by Gasteiger charge is -2.38. The number of rotatable bonds is 3. The van der Waals surface area contributed by atoms with E-state index in [4.69, 9.17) is 9.72 Å². The van der Waals surface area contributed by atoms with Crippen LogP contribution in [0.2, 0.25) is 0 Å². The fourth-order valence-corrected chi connectivity index (χ4v) is 3.85. The zero-order valence-electron chi connectivity index (χ0n) is 10.0. The average Bonchev–Trinajstić information content (AvgIpc) is 2.80. The van der Waals surface area contributed by atoms with Crippen molar-refractivity contribution in [2.75, 3.05) is 19.8 Å². The third-order valence-corrected chi connectivity index (χ3v) is 5.09. The maximum atomic E-state index is 9.49. The van der Waals surface area contributed by atoms with Crippen molar-refractivity contribution < 1.29 is 9.84 Å². The van der Waals surface area contributed by atoms with Crippen LogP contribution in [0.5, 0.6) is 0 Å². The lowest BCUT2D eigenvalue weighted by molar-refractivity contribution is -0.0860. The first kappa shape index (κ1) is 11.6. The van der Waals surface area contributed by atoms with Crippen molar-refractivity contribution in [1.29, 1.82) is 0 Å². The summed E-state index contributed by atoms with van der Waals surface area (Å²) in [7, 11) is 0. The first-order valence-electron chi connectivity index (χ1n) is 6.49. The average molecular weight is 253 g/mol. The van der Waals surface area contributed by atoms with Gasteiger partial charge in [0.2, 0.25) is 0 Å². The van der Waals surface area contributed by atoms with Gasteiger partial charge in [0.25, 0.3) is 0 Å². The van der Waals surface area contributed by atoms with Crippen LogP contribution in [0.25, 0.3) is 0 Å². The normalized spacial score (nSPS) is 24.5. The SMILES string of the molecule is OCC1(c2csc(C3CCCCC3)n2)COC1. The molecule has 94 valence electrons. The van der Waals surface area contributed by atoms with Crippen molar-refractivity contribution in [3.8, 4) is 0 Å². The summed E-state index contributed by atoms with van der Waals surface area (Å²) in [5, 5.41) is 12.9. The third kappa shape index (κ3) is 2.02. The van der Waals surface area contributed by atoms with Gasteiger partial charge in [-0.25, -0.2) is 4.98 Å². The maximum Gasteiger partial charge on any atom is 0.0959 e. The van der Waals surface area contributed by atoms with Crippen LogP contribution < -0.4 is 0 Å². The molecule has 2 fully saturated rings. The molecule has 0 radical (unpaired) electrons. The van der Waals surface area contributed by atoms with Crippen molar-refractivity contribution in [2.45, 2.75) is 43.4 Å². The molecular formula is C13H19NO2S. The molecule has 0 atom stereocenters. The summed E-state index contributed by atoms with van der Waals surface area (Å²) < 4.78 is 5.24. The standard InChI is InChI=1S/C13H19NO2S/c15-7-13(8-16-9-13)11-6-17-12(14-11)10-4-2-1-3-5-10/h6,10,15H,1-5,7-9H2. The summed E-state index contributed by atoms with van der Waals surface area (Å²) in [5.41, 5.74) is 0.862. The fourth-order valence-electron chi connectivity index (χ4n) is 2.74. The van der Waals surface area contributed by atoms with Gasteiger partial charge in [0.15, 0.2) is 0 Å². The van der Waals surface area contributed by atoms with E-state index in [-0.39, 0.29) is 12.0 Å². The molecule has 3 rings (SSSR count). The molecular weight excluding hydrogens is 234 g/mol. The molecule has 1 saturated carbocycles. The summed E-state index contributed by atoms with van der Waals surface area (Å²) in [6, 6.07) is 0. The summed E-state index contributed by atoms with van der Waals surface area (Å²) in [6.45, 7) is 1.40. The summed E-state index contributed by atoms with van der Waals surface area (Å²) in [5.74, 6) is 0.666. The number of hydrogen-bond donors (Lipinski definition) is 1. The molecule has 1 N–H and O–H groups in total. The Morgan fingerprint density at radius 2 is 2.12 bits per heavy atom. The molecule has 2 aliphatic rings. The van der Waals surface area contributed by atoms with Gasteiger partial charge in [0.05, 0.1) is 35.9 Å². The van der Waals surface area contributed by atoms with Crippen LogP contribution in [0.3, 0.4) is 0 Å². The highest BCUT2D eigenvalue weighted by molar-refractivity contribution is 7.09. The Hall–Kier alpha value is -0.450. The van der Waals surface area contributed by atoms with Gasteiger partial charge >= 0.3 is 0 Å². The first-order chi connectivity index (χ1) is 8.34. The molecule has 2 heterocycles. The number of ether oxygens (including phenoxy) is 1. The Bertz CT molecular complexity index is 375. The Morgan fingerprint density at radius 3 is 2.71 bits per heavy atom. The van der Waals surface area contributed by atoms with Crippen molar-refractivity contribution in [1.82, 2.24) is 4.98 Å². The van der Waals surface area contributed by atoms with Crippen LogP contribution in [-0.4, -0.2) is 29.9 Å². The monoisotopic (exact) mass is 253 g/mol. The topological polar surface area (TPSA) is 42.4 Å². The maximum absolute atomic E-state index is 9.49. The van der Waals surface area contributed by atoms with E-state index in [1.165, 1.54) is 37.1 Å². The molecule has 0 unspecified atom stereocenters. The highest BCUT2D eigenvalue weighted by atomic mass is 32.1. The highest BCUT2D eigenvalue weighted by Crippen LogP contribution is 2.38. The summed E-state index contributed by atoms with van der Waals surface area (Å²) in [4.78, 5) is 4.78.